The summed E-state index contributed by atoms with van der Waals surface area (Å²) < 4.78 is 7.81. The summed E-state index contributed by atoms with van der Waals surface area (Å²) in [6.07, 6.45) is 1.73. The quantitative estimate of drug-likeness (QED) is 0.380. The highest BCUT2D eigenvalue weighted by molar-refractivity contribution is 6.33. The average Bonchev–Trinajstić information content (AvgIpc) is 3.09. The third-order valence-corrected chi connectivity index (χ3v) is 5.32. The first-order chi connectivity index (χ1) is 15.8. The molecule has 8 nitrogen and oxygen atoms in total. The van der Waals surface area contributed by atoms with Crippen molar-refractivity contribution in [2.45, 2.75) is 27.7 Å². The Morgan fingerprint density at radius 1 is 0.970 bits per heavy atom. The van der Waals surface area contributed by atoms with Crippen LogP contribution in [-0.4, -0.2) is 25.6 Å². The van der Waals surface area contributed by atoms with E-state index in [4.69, 9.17) is 16.3 Å². The summed E-state index contributed by atoms with van der Waals surface area (Å²) in [5.74, 6) is 2.25. The van der Waals surface area contributed by atoms with E-state index in [1.54, 1.807) is 55.7 Å². The predicted molar refractivity (Wildman–Crippen MR) is 129 cm³/mol. The zero-order valence-corrected chi connectivity index (χ0v) is 19.4. The minimum Gasteiger partial charge on any atom is -0.439 e. The van der Waals surface area contributed by atoms with Gasteiger partial charge in [0.25, 0.3) is 0 Å². The maximum atomic E-state index is 12.3. The highest BCUT2D eigenvalue weighted by atomic mass is 35.5. The van der Waals surface area contributed by atoms with E-state index in [1.165, 1.54) is 0 Å². The van der Waals surface area contributed by atoms with Crippen LogP contribution in [0.1, 0.15) is 22.8 Å². The average molecular weight is 463 g/mol. The number of hydrogen-bond acceptors (Lipinski definition) is 5. The Kier molecular flexibility index (Phi) is 6.28. The van der Waals surface area contributed by atoms with Crippen molar-refractivity contribution in [2.24, 2.45) is 0 Å². The number of benzene rings is 2. The molecule has 0 aliphatic rings. The van der Waals surface area contributed by atoms with Crippen molar-refractivity contribution in [3.8, 4) is 17.4 Å². The largest absolute Gasteiger partial charge is 0.439 e. The van der Waals surface area contributed by atoms with Gasteiger partial charge in [0.1, 0.15) is 23.7 Å². The minimum atomic E-state index is -0.392. The van der Waals surface area contributed by atoms with Crippen molar-refractivity contribution < 1.29 is 9.53 Å². The van der Waals surface area contributed by atoms with Crippen LogP contribution in [0.4, 0.5) is 16.2 Å². The Labute approximate surface area is 196 Å². The van der Waals surface area contributed by atoms with E-state index in [0.29, 0.717) is 39.7 Å². The molecule has 0 atom stereocenters. The van der Waals surface area contributed by atoms with E-state index < -0.39 is 6.03 Å². The Morgan fingerprint density at radius 3 is 2.39 bits per heavy atom. The molecule has 0 bridgehead atoms. The molecular weight excluding hydrogens is 440 g/mol. The van der Waals surface area contributed by atoms with Crippen LogP contribution in [0.3, 0.4) is 0 Å². The van der Waals surface area contributed by atoms with Gasteiger partial charge in [0.05, 0.1) is 16.4 Å². The molecule has 2 aromatic heterocycles. The van der Waals surface area contributed by atoms with Crippen LogP contribution in [0, 0.1) is 27.7 Å². The number of ether oxygens (including phenoxy) is 1. The summed E-state index contributed by atoms with van der Waals surface area (Å²) in [5.41, 5.74) is 4.10. The number of carbonyl (C=O) groups excluding carboxylic acids is 1. The van der Waals surface area contributed by atoms with Gasteiger partial charge in [0, 0.05) is 17.4 Å². The lowest BCUT2D eigenvalue weighted by atomic mass is 10.2. The highest BCUT2D eigenvalue weighted by Crippen LogP contribution is 2.25. The Hall–Kier alpha value is -3.91. The molecule has 2 amide bonds. The fraction of sp³-hybridized carbons (Fsp3) is 0.167. The molecule has 4 aromatic rings. The van der Waals surface area contributed by atoms with Crippen LogP contribution >= 0.6 is 11.6 Å². The molecule has 2 N–H and O–H groups in total. The van der Waals surface area contributed by atoms with Crippen molar-refractivity contribution in [1.29, 1.82) is 0 Å². The Bertz CT molecular complexity index is 1320. The molecule has 168 valence electrons. The molecule has 33 heavy (non-hydrogen) atoms. The SMILES string of the molecule is Cc1ccc(NC(=O)Nc2ccc(Oc3cc(-n4cnc(C)c4C)nc(C)n3)cc2)c(Cl)c1. The predicted octanol–water partition coefficient (Wildman–Crippen LogP) is 5.99. The number of hydrogen-bond donors (Lipinski definition) is 2. The van der Waals surface area contributed by atoms with E-state index in [-0.39, 0.29) is 0 Å². The van der Waals surface area contributed by atoms with E-state index in [0.717, 1.165) is 17.0 Å². The number of anilines is 2. The molecular formula is C24H23ClN6O2. The Balaban J connectivity index is 1.43. The van der Waals surface area contributed by atoms with Gasteiger partial charge in [-0.05, 0) is 69.7 Å². The standard InChI is InChI=1S/C24H23ClN6O2/c1-14-5-10-21(20(25)11-14)30-24(32)29-18-6-8-19(9-7-18)33-23-12-22(27-17(4)28-23)31-13-26-15(2)16(31)3/h5-13H,1-4H3,(H2,29,30,32). The zero-order valence-electron chi connectivity index (χ0n) is 18.7. The van der Waals surface area contributed by atoms with Gasteiger partial charge in [-0.2, -0.15) is 4.98 Å². The number of imidazole rings is 1. The molecule has 0 fully saturated rings. The van der Waals surface area contributed by atoms with Gasteiger partial charge in [-0.25, -0.2) is 14.8 Å². The smallest absolute Gasteiger partial charge is 0.323 e. The topological polar surface area (TPSA) is 94.0 Å². The second-order valence-corrected chi connectivity index (χ2v) is 7.99. The molecule has 0 saturated heterocycles. The van der Waals surface area contributed by atoms with Gasteiger partial charge in [0.15, 0.2) is 0 Å². The number of aromatic nitrogens is 4. The van der Waals surface area contributed by atoms with Gasteiger partial charge in [-0.1, -0.05) is 17.7 Å². The number of aryl methyl sites for hydroxylation is 3. The lowest BCUT2D eigenvalue weighted by Crippen LogP contribution is -2.19. The summed E-state index contributed by atoms with van der Waals surface area (Å²) >= 11 is 6.17. The van der Waals surface area contributed by atoms with Gasteiger partial charge in [-0.3, -0.25) is 4.57 Å². The van der Waals surface area contributed by atoms with Crippen LogP contribution in [0.25, 0.3) is 5.82 Å². The first-order valence-electron chi connectivity index (χ1n) is 10.3. The molecule has 2 aromatic carbocycles. The number of rotatable bonds is 5. The third kappa shape index (κ3) is 5.30. The van der Waals surface area contributed by atoms with E-state index >= 15 is 0 Å². The lowest BCUT2D eigenvalue weighted by Gasteiger charge is -2.11. The first-order valence-corrected chi connectivity index (χ1v) is 10.6. The van der Waals surface area contributed by atoms with Crippen molar-refractivity contribution >= 4 is 29.0 Å². The van der Waals surface area contributed by atoms with E-state index in [9.17, 15) is 4.79 Å². The summed E-state index contributed by atoms with van der Waals surface area (Å²) in [5, 5.41) is 5.99. The third-order valence-electron chi connectivity index (χ3n) is 5.01. The van der Waals surface area contributed by atoms with Crippen molar-refractivity contribution in [1.82, 2.24) is 19.5 Å². The molecule has 4 rings (SSSR count). The van der Waals surface area contributed by atoms with Crippen LogP contribution in [0.2, 0.25) is 5.02 Å². The maximum Gasteiger partial charge on any atom is 0.323 e. The number of nitrogens with one attached hydrogen (secondary N) is 2. The summed E-state index contributed by atoms with van der Waals surface area (Å²) in [7, 11) is 0. The van der Waals surface area contributed by atoms with Crippen LogP contribution in [-0.2, 0) is 0 Å². The number of halogens is 1. The number of urea groups is 1. The van der Waals surface area contributed by atoms with Crippen LogP contribution in [0.5, 0.6) is 11.6 Å². The lowest BCUT2D eigenvalue weighted by molar-refractivity contribution is 0.262. The van der Waals surface area contributed by atoms with Crippen molar-refractivity contribution in [3.63, 3.8) is 0 Å². The monoisotopic (exact) mass is 462 g/mol. The second kappa shape index (κ2) is 9.30. The molecule has 9 heteroatoms. The summed E-state index contributed by atoms with van der Waals surface area (Å²) in [4.78, 5) is 25.5. The van der Waals surface area contributed by atoms with E-state index in [1.807, 2.05) is 31.4 Å². The molecule has 0 radical (unpaired) electrons. The van der Waals surface area contributed by atoms with Crippen LogP contribution in [0.15, 0.2) is 54.9 Å². The molecule has 0 aliphatic carbocycles. The molecule has 0 unspecified atom stereocenters. The van der Waals surface area contributed by atoms with Crippen molar-refractivity contribution in [2.75, 3.05) is 10.6 Å². The summed E-state index contributed by atoms with van der Waals surface area (Å²) in [6, 6.07) is 13.8. The number of carbonyl (C=O) groups is 1. The van der Waals surface area contributed by atoms with E-state index in [2.05, 4.69) is 25.6 Å². The van der Waals surface area contributed by atoms with Crippen LogP contribution < -0.4 is 15.4 Å². The molecule has 0 saturated carbocycles. The molecule has 2 heterocycles. The van der Waals surface area contributed by atoms with Gasteiger partial charge < -0.3 is 15.4 Å². The van der Waals surface area contributed by atoms with Gasteiger partial charge in [-0.15, -0.1) is 0 Å². The van der Waals surface area contributed by atoms with Crippen molar-refractivity contribution in [3.05, 3.63) is 82.7 Å². The summed E-state index contributed by atoms with van der Waals surface area (Å²) in [6.45, 7) is 7.67. The minimum absolute atomic E-state index is 0.392. The Morgan fingerprint density at radius 2 is 1.73 bits per heavy atom. The second-order valence-electron chi connectivity index (χ2n) is 7.59. The fourth-order valence-electron chi connectivity index (χ4n) is 3.16. The maximum absolute atomic E-state index is 12.3. The number of nitrogens with zero attached hydrogens (tertiary/aromatic N) is 4. The zero-order chi connectivity index (χ0) is 23.5. The molecule has 0 spiro atoms. The first kappa shape index (κ1) is 22.3. The number of amides is 2. The molecule has 0 aliphatic heterocycles. The fourth-order valence-corrected chi connectivity index (χ4v) is 3.45. The van der Waals surface area contributed by atoms with Gasteiger partial charge in [0.2, 0.25) is 5.88 Å². The van der Waals surface area contributed by atoms with Gasteiger partial charge >= 0.3 is 6.03 Å². The highest BCUT2D eigenvalue weighted by Gasteiger charge is 2.11. The normalized spacial score (nSPS) is 10.7.